The Kier molecular flexibility index (Phi) is 14.6. The number of methoxy groups -OCH3 is 2. The molecule has 278 valence electrons. The summed E-state index contributed by atoms with van der Waals surface area (Å²) in [5.74, 6) is -4.58. The lowest BCUT2D eigenvalue weighted by atomic mass is 10.0. The third kappa shape index (κ3) is 10.4. The molecule has 20 heteroatoms. The van der Waals surface area contributed by atoms with E-state index in [4.69, 9.17) is 29.4 Å². The van der Waals surface area contributed by atoms with Gasteiger partial charge < -0.3 is 55.6 Å². The smallest absolute Gasteiger partial charge is 0.331 e. The summed E-state index contributed by atoms with van der Waals surface area (Å²) in [4.78, 5) is 89.9. The average molecular weight is 713 g/mol. The highest BCUT2D eigenvalue weighted by Gasteiger charge is 2.46. The standard InChI is InChI=1S/C30H44N6O14/c1-5-32-18(38)9-10-20(40)49-28(36-12-11-19(39)35-30(36)45)24(47-4)22(46-3)23(25(31)42)50-29-21(41)16(37)13-17(48-29)27(44)34-15-8-6-7-14(2)33-26(15)43/h11-16,21-24,28-29,37,41H,5-10H2,1-4H3,(H2,31,42)(H,32,38)(H,33,43)(H,34,44)(H,35,39,45)/t14-,15+,16+,21+,22?,23-,24-,28-,29-/m1/s1. The molecule has 2 aliphatic rings. The number of nitrogens with zero attached hydrogens (tertiary/aromatic N) is 1. The second-order valence-corrected chi connectivity index (χ2v) is 11.6. The van der Waals surface area contributed by atoms with E-state index in [0.29, 0.717) is 25.8 Å². The molecule has 8 N–H and O–H groups in total. The molecule has 0 radical (unpaired) electrons. The maximum atomic E-state index is 13.1. The largest absolute Gasteiger partial charge is 0.456 e. The summed E-state index contributed by atoms with van der Waals surface area (Å²) in [5, 5.41) is 29.1. The first kappa shape index (κ1) is 39.8. The Bertz CT molecular complexity index is 1530. The molecule has 1 aromatic rings. The van der Waals surface area contributed by atoms with Crippen LogP contribution in [-0.2, 0) is 47.7 Å². The number of carbonyl (C=O) groups excluding carboxylic acids is 5. The molecule has 0 saturated carbocycles. The van der Waals surface area contributed by atoms with E-state index in [1.54, 1.807) is 6.92 Å². The number of aliphatic hydroxyl groups is 2. The molecule has 20 nitrogen and oxygen atoms in total. The van der Waals surface area contributed by atoms with Crippen LogP contribution in [0.4, 0.5) is 0 Å². The van der Waals surface area contributed by atoms with Crippen molar-refractivity contribution in [3.63, 3.8) is 0 Å². The molecule has 2 aliphatic heterocycles. The number of carbonyl (C=O) groups is 5. The lowest BCUT2D eigenvalue weighted by molar-refractivity contribution is -0.250. The molecular formula is C30H44N6O14. The highest BCUT2D eigenvalue weighted by Crippen LogP contribution is 2.27. The number of primary amides is 1. The van der Waals surface area contributed by atoms with Crippen LogP contribution < -0.4 is 32.9 Å². The van der Waals surface area contributed by atoms with Crippen LogP contribution in [0, 0.1) is 0 Å². The number of hydrogen-bond acceptors (Lipinski definition) is 14. The number of H-pyrrole nitrogens is 1. The SMILES string of the molecule is CCNC(=O)CCC(=O)O[C@H]([C@H](OC)C(OC)[C@@H](O[C@H]1OC(C(=O)N[C@H]2CCC[C@@H](C)NC2=O)=C[C@H](O)[C@@H]1O)C(N)=O)n1ccc(=O)[nH]c1=O. The summed E-state index contributed by atoms with van der Waals surface area (Å²) < 4.78 is 28.5. The van der Waals surface area contributed by atoms with E-state index < -0.39 is 102 Å². The molecule has 1 fully saturated rings. The summed E-state index contributed by atoms with van der Waals surface area (Å²) in [6, 6.07) is -0.0757. The van der Waals surface area contributed by atoms with E-state index in [1.807, 2.05) is 11.9 Å². The molecule has 3 rings (SSSR count). The van der Waals surface area contributed by atoms with Gasteiger partial charge in [-0.15, -0.1) is 0 Å². The average Bonchev–Trinajstić information content (AvgIpc) is 3.21. The third-order valence-electron chi connectivity index (χ3n) is 7.87. The van der Waals surface area contributed by atoms with E-state index in [-0.39, 0.29) is 12.5 Å². The normalized spacial score (nSPS) is 24.6. The number of aromatic nitrogens is 2. The van der Waals surface area contributed by atoms with Gasteiger partial charge in [-0.05, 0) is 39.2 Å². The van der Waals surface area contributed by atoms with Gasteiger partial charge in [0, 0.05) is 45.5 Å². The minimum Gasteiger partial charge on any atom is -0.456 e. The van der Waals surface area contributed by atoms with Crippen molar-refractivity contribution in [1.82, 2.24) is 25.5 Å². The van der Waals surface area contributed by atoms with Crippen molar-refractivity contribution in [2.24, 2.45) is 5.73 Å². The monoisotopic (exact) mass is 712 g/mol. The zero-order valence-electron chi connectivity index (χ0n) is 28.0. The second kappa shape index (κ2) is 18.4. The number of aliphatic hydroxyl groups excluding tert-OH is 2. The Hall–Kier alpha value is -4.63. The number of ether oxygens (including phenoxy) is 5. The Balaban J connectivity index is 1.89. The molecule has 0 spiro atoms. The van der Waals surface area contributed by atoms with Crippen molar-refractivity contribution >= 4 is 29.6 Å². The zero-order chi connectivity index (χ0) is 37.1. The van der Waals surface area contributed by atoms with E-state index >= 15 is 0 Å². The minimum atomic E-state index is -1.96. The molecule has 0 bridgehead atoms. The van der Waals surface area contributed by atoms with Crippen molar-refractivity contribution in [3.05, 3.63) is 44.9 Å². The number of esters is 1. The summed E-state index contributed by atoms with van der Waals surface area (Å²) in [7, 11) is 2.19. The van der Waals surface area contributed by atoms with Gasteiger partial charge in [-0.25, -0.2) is 4.79 Å². The van der Waals surface area contributed by atoms with Crippen LogP contribution in [0.15, 0.2) is 33.7 Å². The van der Waals surface area contributed by atoms with Crippen LogP contribution in [0.2, 0.25) is 0 Å². The highest BCUT2D eigenvalue weighted by molar-refractivity contribution is 5.95. The first-order valence-electron chi connectivity index (χ1n) is 15.8. The summed E-state index contributed by atoms with van der Waals surface area (Å²) in [5.41, 5.74) is 3.81. The first-order chi connectivity index (χ1) is 23.7. The molecule has 0 aliphatic carbocycles. The maximum absolute atomic E-state index is 13.1. The summed E-state index contributed by atoms with van der Waals surface area (Å²) >= 11 is 0. The number of aromatic amines is 1. The lowest BCUT2D eigenvalue weighted by Gasteiger charge is -2.38. The van der Waals surface area contributed by atoms with E-state index in [9.17, 15) is 43.8 Å². The van der Waals surface area contributed by atoms with Crippen LogP contribution >= 0.6 is 0 Å². The van der Waals surface area contributed by atoms with Gasteiger partial charge in [0.25, 0.3) is 11.5 Å². The molecule has 3 heterocycles. The van der Waals surface area contributed by atoms with Crippen molar-refractivity contribution in [2.75, 3.05) is 20.8 Å². The van der Waals surface area contributed by atoms with Crippen LogP contribution in [0.25, 0.3) is 0 Å². The van der Waals surface area contributed by atoms with Gasteiger partial charge in [0.15, 0.2) is 11.9 Å². The number of hydrogen-bond donors (Lipinski definition) is 7. The van der Waals surface area contributed by atoms with Crippen molar-refractivity contribution in [2.45, 2.75) is 101 Å². The number of rotatable bonds is 16. The van der Waals surface area contributed by atoms with Gasteiger partial charge >= 0.3 is 11.7 Å². The first-order valence-corrected chi connectivity index (χ1v) is 15.8. The Labute approximate surface area is 285 Å². The van der Waals surface area contributed by atoms with Crippen LogP contribution in [0.1, 0.15) is 52.2 Å². The van der Waals surface area contributed by atoms with E-state index in [1.165, 1.54) is 0 Å². The topological polar surface area (TPSA) is 289 Å². The third-order valence-corrected chi connectivity index (χ3v) is 7.87. The molecule has 1 unspecified atom stereocenters. The minimum absolute atomic E-state index is 0.0992. The summed E-state index contributed by atoms with van der Waals surface area (Å²) in [6.07, 6.45) is -9.82. The van der Waals surface area contributed by atoms with Crippen LogP contribution in [0.3, 0.4) is 0 Å². The number of nitrogens with two attached hydrogens (primary N) is 1. The summed E-state index contributed by atoms with van der Waals surface area (Å²) in [6.45, 7) is 3.82. The van der Waals surface area contributed by atoms with Gasteiger partial charge in [0.2, 0.25) is 30.2 Å². The number of amides is 4. The Morgan fingerprint density at radius 2 is 1.80 bits per heavy atom. The van der Waals surface area contributed by atoms with Gasteiger partial charge in [0.05, 0.1) is 6.42 Å². The predicted molar refractivity (Wildman–Crippen MR) is 168 cm³/mol. The zero-order valence-corrected chi connectivity index (χ0v) is 28.0. The fourth-order valence-electron chi connectivity index (χ4n) is 5.33. The van der Waals surface area contributed by atoms with E-state index in [0.717, 1.165) is 37.1 Å². The maximum Gasteiger partial charge on any atom is 0.331 e. The fourth-order valence-corrected chi connectivity index (χ4v) is 5.33. The predicted octanol–water partition coefficient (Wildman–Crippen LogP) is -3.47. The van der Waals surface area contributed by atoms with Gasteiger partial charge in [-0.3, -0.25) is 38.3 Å². The van der Waals surface area contributed by atoms with Gasteiger partial charge in [-0.1, -0.05) is 0 Å². The molecule has 50 heavy (non-hydrogen) atoms. The Morgan fingerprint density at radius 3 is 2.42 bits per heavy atom. The van der Waals surface area contributed by atoms with Crippen molar-refractivity contribution < 1.29 is 57.9 Å². The molecule has 1 aromatic heterocycles. The second-order valence-electron chi connectivity index (χ2n) is 11.6. The highest BCUT2D eigenvalue weighted by atomic mass is 16.7. The van der Waals surface area contributed by atoms with Gasteiger partial charge in [-0.2, -0.15) is 0 Å². The van der Waals surface area contributed by atoms with Crippen LogP contribution in [-0.4, -0.2) is 119 Å². The van der Waals surface area contributed by atoms with Crippen LogP contribution in [0.5, 0.6) is 0 Å². The fraction of sp³-hybridized carbons (Fsp3) is 0.633. The molecule has 0 aromatic carbocycles. The van der Waals surface area contributed by atoms with Crippen molar-refractivity contribution in [3.8, 4) is 0 Å². The molecule has 9 atom stereocenters. The quantitative estimate of drug-likeness (QED) is 0.0820. The lowest BCUT2D eigenvalue weighted by Crippen LogP contribution is -2.57. The Morgan fingerprint density at radius 1 is 1.10 bits per heavy atom. The van der Waals surface area contributed by atoms with Crippen molar-refractivity contribution in [1.29, 1.82) is 0 Å². The van der Waals surface area contributed by atoms with Gasteiger partial charge in [0.1, 0.15) is 30.5 Å². The molecule has 1 saturated heterocycles. The number of nitrogens with one attached hydrogen (secondary N) is 4. The molecule has 4 amide bonds. The molecular weight excluding hydrogens is 668 g/mol. The van der Waals surface area contributed by atoms with E-state index in [2.05, 4.69) is 16.0 Å².